The molecule has 0 aliphatic heterocycles. The van der Waals surface area contributed by atoms with Crippen molar-refractivity contribution in [2.75, 3.05) is 5.32 Å². The zero-order valence-corrected chi connectivity index (χ0v) is 18.1. The summed E-state index contributed by atoms with van der Waals surface area (Å²) in [4.78, 5) is 28.9. The Hall–Kier alpha value is -2.73. The molecule has 1 heterocycles. The number of rotatable bonds is 5. The van der Waals surface area contributed by atoms with Gasteiger partial charge in [-0.1, -0.05) is 12.1 Å². The Morgan fingerprint density at radius 3 is 2.50 bits per heavy atom. The van der Waals surface area contributed by atoms with Crippen LogP contribution < -0.4 is 5.32 Å². The molecule has 1 aromatic heterocycles. The largest absolute Gasteiger partial charge is 0.463 e. The van der Waals surface area contributed by atoms with Crippen LogP contribution in [0.3, 0.4) is 0 Å². The van der Waals surface area contributed by atoms with Crippen LogP contribution in [-0.4, -0.2) is 23.0 Å². The van der Waals surface area contributed by atoms with Gasteiger partial charge in [0, 0.05) is 11.3 Å². The second-order valence-electron chi connectivity index (χ2n) is 8.15. The van der Waals surface area contributed by atoms with Crippen LogP contribution in [-0.2, 0) is 9.53 Å². The molecule has 1 amide bonds. The van der Waals surface area contributed by atoms with Crippen molar-refractivity contribution in [3.05, 3.63) is 59.1 Å². The summed E-state index contributed by atoms with van der Waals surface area (Å²) in [6, 6.07) is 13.6. The monoisotopic (exact) mass is 422 g/mol. The van der Waals surface area contributed by atoms with Gasteiger partial charge in [0.05, 0.1) is 27.7 Å². The van der Waals surface area contributed by atoms with E-state index in [1.165, 1.54) is 16.9 Å². The number of nitrogens with zero attached hydrogens (tertiary/aromatic N) is 1. The molecule has 5 nitrogen and oxygen atoms in total. The quantitative estimate of drug-likeness (QED) is 0.530. The van der Waals surface area contributed by atoms with E-state index in [0.29, 0.717) is 11.5 Å². The average Bonchev–Trinajstić information content (AvgIpc) is 3.22. The van der Waals surface area contributed by atoms with Crippen LogP contribution in [0.2, 0.25) is 0 Å². The van der Waals surface area contributed by atoms with E-state index < -0.39 is 0 Å². The molecule has 0 spiro atoms. The third-order valence-corrected chi connectivity index (χ3v) is 6.44. The van der Waals surface area contributed by atoms with E-state index in [4.69, 9.17) is 4.74 Å². The van der Waals surface area contributed by atoms with Crippen LogP contribution >= 0.6 is 11.3 Å². The summed E-state index contributed by atoms with van der Waals surface area (Å²) in [7, 11) is 0. The molecule has 3 aromatic rings. The van der Waals surface area contributed by atoms with Crippen LogP contribution in [0.4, 0.5) is 5.69 Å². The van der Waals surface area contributed by atoms with Gasteiger partial charge < -0.3 is 10.1 Å². The van der Waals surface area contributed by atoms with Crippen molar-refractivity contribution >= 4 is 39.1 Å². The van der Waals surface area contributed by atoms with Gasteiger partial charge in [-0.15, -0.1) is 11.3 Å². The molecule has 30 heavy (non-hydrogen) atoms. The second-order valence-corrected chi connectivity index (χ2v) is 9.03. The number of carbonyl (C=O) groups is 2. The summed E-state index contributed by atoms with van der Waals surface area (Å²) >= 11 is 1.53. The van der Waals surface area contributed by atoms with E-state index in [1.807, 2.05) is 38.1 Å². The predicted octanol–water partition coefficient (Wildman–Crippen LogP) is 5.77. The molecule has 0 atom stereocenters. The SMILES string of the molecule is CC(C)OC(=O)[C@H]1CC[C@H](c2ccc(NC(=O)c3ccc4ncsc4c3)cc2)CC1. The molecule has 1 saturated carbocycles. The Bertz CT molecular complexity index is 1030. The number of carbonyl (C=O) groups excluding carboxylic acids is 2. The van der Waals surface area contributed by atoms with Crippen LogP contribution in [0.25, 0.3) is 10.2 Å². The third kappa shape index (κ3) is 4.70. The van der Waals surface area contributed by atoms with Gasteiger partial charge in [0.1, 0.15) is 0 Å². The van der Waals surface area contributed by atoms with Crippen molar-refractivity contribution in [3.8, 4) is 0 Å². The summed E-state index contributed by atoms with van der Waals surface area (Å²) < 4.78 is 6.36. The Morgan fingerprint density at radius 1 is 1.07 bits per heavy atom. The first-order chi connectivity index (χ1) is 14.5. The zero-order valence-electron chi connectivity index (χ0n) is 17.3. The average molecular weight is 423 g/mol. The highest BCUT2D eigenvalue weighted by atomic mass is 32.1. The number of thiazole rings is 1. The van der Waals surface area contributed by atoms with Crippen molar-refractivity contribution in [1.82, 2.24) is 4.98 Å². The van der Waals surface area contributed by atoms with E-state index in [1.54, 1.807) is 11.6 Å². The molecule has 4 rings (SSSR count). The first-order valence-corrected chi connectivity index (χ1v) is 11.3. The Kier molecular flexibility index (Phi) is 6.13. The number of esters is 1. The van der Waals surface area contributed by atoms with Crippen molar-refractivity contribution in [2.24, 2.45) is 5.92 Å². The lowest BCUT2D eigenvalue weighted by atomic mass is 9.78. The standard InChI is InChI=1S/C24H26N2O3S/c1-15(2)29-24(28)18-5-3-16(4-6-18)17-7-10-20(11-8-17)26-23(27)19-9-12-21-22(13-19)30-14-25-21/h7-16,18H,3-6H2,1-2H3,(H,26,27)/t16-,18-. The molecule has 0 unspecified atom stereocenters. The molecular formula is C24H26N2O3S. The molecule has 0 radical (unpaired) electrons. The van der Waals surface area contributed by atoms with E-state index >= 15 is 0 Å². The number of hydrogen-bond acceptors (Lipinski definition) is 5. The maximum absolute atomic E-state index is 12.6. The van der Waals surface area contributed by atoms with E-state index in [9.17, 15) is 9.59 Å². The lowest BCUT2D eigenvalue weighted by molar-refractivity contribution is -0.153. The lowest BCUT2D eigenvalue weighted by Gasteiger charge is -2.28. The van der Waals surface area contributed by atoms with Gasteiger partial charge in [-0.25, -0.2) is 4.98 Å². The van der Waals surface area contributed by atoms with Gasteiger partial charge in [-0.3, -0.25) is 9.59 Å². The zero-order chi connectivity index (χ0) is 21.1. The maximum Gasteiger partial charge on any atom is 0.309 e. The highest BCUT2D eigenvalue weighted by Gasteiger charge is 2.28. The number of hydrogen-bond donors (Lipinski definition) is 1. The Labute approximate surface area is 180 Å². The summed E-state index contributed by atoms with van der Waals surface area (Å²) in [6.07, 6.45) is 3.65. The highest BCUT2D eigenvalue weighted by Crippen LogP contribution is 2.36. The molecule has 1 fully saturated rings. The lowest BCUT2D eigenvalue weighted by Crippen LogP contribution is -2.25. The molecule has 1 N–H and O–H groups in total. The summed E-state index contributed by atoms with van der Waals surface area (Å²) in [6.45, 7) is 3.78. The number of nitrogens with one attached hydrogen (secondary N) is 1. The van der Waals surface area contributed by atoms with Crippen molar-refractivity contribution in [2.45, 2.75) is 51.6 Å². The van der Waals surface area contributed by atoms with Crippen LogP contribution in [0.15, 0.2) is 48.0 Å². The minimum atomic E-state index is -0.123. The molecule has 0 saturated heterocycles. The van der Waals surface area contributed by atoms with Gasteiger partial charge in [-0.2, -0.15) is 0 Å². The fraction of sp³-hybridized carbons (Fsp3) is 0.375. The van der Waals surface area contributed by atoms with Crippen molar-refractivity contribution < 1.29 is 14.3 Å². The molecule has 2 aromatic carbocycles. The van der Waals surface area contributed by atoms with Crippen molar-refractivity contribution in [1.29, 1.82) is 0 Å². The molecule has 156 valence electrons. The van der Waals surface area contributed by atoms with Gasteiger partial charge in [-0.05, 0) is 81.3 Å². The topological polar surface area (TPSA) is 68.3 Å². The maximum atomic E-state index is 12.6. The third-order valence-electron chi connectivity index (χ3n) is 5.65. The number of fused-ring (bicyclic) bond motifs is 1. The molecule has 1 aliphatic rings. The van der Waals surface area contributed by atoms with E-state index in [-0.39, 0.29) is 23.9 Å². The smallest absolute Gasteiger partial charge is 0.309 e. The van der Waals surface area contributed by atoms with Crippen LogP contribution in [0.5, 0.6) is 0 Å². The van der Waals surface area contributed by atoms with Crippen LogP contribution in [0, 0.1) is 5.92 Å². The summed E-state index contributed by atoms with van der Waals surface area (Å²) in [5, 5.41) is 2.97. The Balaban J connectivity index is 1.34. The molecule has 1 aliphatic carbocycles. The van der Waals surface area contributed by atoms with Crippen molar-refractivity contribution in [3.63, 3.8) is 0 Å². The van der Waals surface area contributed by atoms with Crippen LogP contribution in [0.1, 0.15) is 61.4 Å². The molecule has 6 heteroatoms. The minimum absolute atomic E-state index is 0.0260. The Morgan fingerprint density at radius 2 is 1.80 bits per heavy atom. The fourth-order valence-electron chi connectivity index (χ4n) is 4.03. The van der Waals surface area contributed by atoms with Gasteiger partial charge in [0.15, 0.2) is 0 Å². The number of amides is 1. The van der Waals surface area contributed by atoms with E-state index in [2.05, 4.69) is 22.4 Å². The predicted molar refractivity (Wildman–Crippen MR) is 120 cm³/mol. The first-order valence-electron chi connectivity index (χ1n) is 10.4. The molecular weight excluding hydrogens is 396 g/mol. The summed E-state index contributed by atoms with van der Waals surface area (Å²) in [5.41, 5.74) is 5.36. The fourth-order valence-corrected chi connectivity index (χ4v) is 4.75. The number of anilines is 1. The number of aromatic nitrogens is 1. The normalized spacial score (nSPS) is 19.0. The van der Waals surface area contributed by atoms with Gasteiger partial charge >= 0.3 is 5.97 Å². The minimum Gasteiger partial charge on any atom is -0.463 e. The number of ether oxygens (including phenoxy) is 1. The number of benzene rings is 2. The second kappa shape index (κ2) is 8.96. The van der Waals surface area contributed by atoms with Gasteiger partial charge in [0.25, 0.3) is 5.91 Å². The summed E-state index contributed by atoms with van der Waals surface area (Å²) in [5.74, 6) is 0.296. The highest BCUT2D eigenvalue weighted by molar-refractivity contribution is 7.16. The van der Waals surface area contributed by atoms with Gasteiger partial charge in [0.2, 0.25) is 0 Å². The molecule has 0 bridgehead atoms. The first kappa shape index (κ1) is 20.5. The van der Waals surface area contributed by atoms with E-state index in [0.717, 1.165) is 41.6 Å².